The van der Waals surface area contributed by atoms with E-state index in [-0.39, 0.29) is 0 Å². The van der Waals surface area contributed by atoms with Crippen LogP contribution in [-0.4, -0.2) is 77.5 Å². The second-order valence-corrected chi connectivity index (χ2v) is 9.14. The number of nitrogens with one attached hydrogen (secondary N) is 1. The number of hydrogen-bond donors (Lipinski definition) is 1. The zero-order valence-electron chi connectivity index (χ0n) is 22.2. The Morgan fingerprint density at radius 3 is 2.53 bits per heavy atom. The molecule has 1 aromatic rings. The molecule has 0 radical (unpaired) electrons. The number of carbonyl (C=O) groups is 1. The van der Waals surface area contributed by atoms with E-state index in [0.717, 1.165) is 56.6 Å². The van der Waals surface area contributed by atoms with Gasteiger partial charge in [-0.2, -0.15) is 0 Å². The summed E-state index contributed by atoms with van der Waals surface area (Å²) in [5.41, 5.74) is 2.40. The summed E-state index contributed by atoms with van der Waals surface area (Å²) in [4.78, 5) is 10.4. The maximum atomic E-state index is 8.00. The first-order valence-corrected chi connectivity index (χ1v) is 12.9. The number of hydrogen-bond acceptors (Lipinski definition) is 7. The maximum absolute atomic E-state index is 8.00. The van der Waals surface area contributed by atoms with Crippen LogP contribution in [-0.2, 0) is 20.8 Å². The highest BCUT2D eigenvalue weighted by Crippen LogP contribution is 2.29. The number of ether oxygens (including phenoxy) is 4. The lowest BCUT2D eigenvalue weighted by Gasteiger charge is -2.18. The fraction of sp³-hybridized carbons (Fsp3) is 0.552. The quantitative estimate of drug-likeness (QED) is 0.454. The van der Waals surface area contributed by atoms with E-state index in [9.17, 15) is 0 Å². The number of methoxy groups -OCH3 is 1. The Bertz CT molecular complexity index is 829. The number of nitrogens with zero attached hydrogens (tertiary/aromatic N) is 1. The summed E-state index contributed by atoms with van der Waals surface area (Å²) in [7, 11) is 3.91. The lowest BCUT2D eigenvalue weighted by molar-refractivity contribution is -0.0980. The molecule has 7 heteroatoms. The molecule has 1 unspecified atom stereocenters. The molecular formula is C29H44N2O5. The Morgan fingerprint density at radius 1 is 1.11 bits per heavy atom. The average molecular weight is 501 g/mol. The molecule has 7 nitrogen and oxygen atoms in total. The Balaban J connectivity index is 0.000000431. The SMILES string of the molecule is C=O.CC1CNCCO1.COCCCOc1cc(CN(C)C2CC2)cc(OCC2=CC=CCC=C2)c1. The van der Waals surface area contributed by atoms with Gasteiger partial charge in [0.25, 0.3) is 0 Å². The second-order valence-electron chi connectivity index (χ2n) is 9.14. The Labute approximate surface area is 217 Å². The smallest absolute Gasteiger partial charge is 0.123 e. The summed E-state index contributed by atoms with van der Waals surface area (Å²) in [6.07, 6.45) is 15.5. The van der Waals surface area contributed by atoms with Crippen molar-refractivity contribution in [1.29, 1.82) is 0 Å². The van der Waals surface area contributed by atoms with Gasteiger partial charge in [-0.25, -0.2) is 0 Å². The minimum absolute atomic E-state index is 0.425. The highest BCUT2D eigenvalue weighted by molar-refractivity contribution is 5.39. The van der Waals surface area contributed by atoms with Gasteiger partial charge >= 0.3 is 0 Å². The second kappa shape index (κ2) is 17.9. The van der Waals surface area contributed by atoms with Crippen LogP contribution in [0.1, 0.15) is 38.2 Å². The van der Waals surface area contributed by atoms with E-state index in [1.165, 1.54) is 24.0 Å². The van der Waals surface area contributed by atoms with E-state index in [2.05, 4.69) is 66.7 Å². The lowest BCUT2D eigenvalue weighted by Crippen LogP contribution is -2.36. The Kier molecular flexibility index (Phi) is 14.8. The Hall–Kier alpha value is -2.45. The fourth-order valence-electron chi connectivity index (χ4n) is 3.80. The van der Waals surface area contributed by atoms with E-state index in [1.54, 1.807) is 7.11 Å². The molecule has 1 aliphatic heterocycles. The lowest BCUT2D eigenvalue weighted by atomic mass is 10.2. The summed E-state index contributed by atoms with van der Waals surface area (Å²) >= 11 is 0. The molecule has 1 saturated carbocycles. The molecule has 3 aliphatic rings. The topological polar surface area (TPSA) is 69.3 Å². The normalized spacial score (nSPS) is 18.8. The number of benzene rings is 1. The maximum Gasteiger partial charge on any atom is 0.123 e. The van der Waals surface area contributed by atoms with Crippen molar-refractivity contribution in [3.8, 4) is 11.5 Å². The van der Waals surface area contributed by atoms with E-state index in [0.29, 0.717) is 25.9 Å². The van der Waals surface area contributed by atoms with Gasteiger partial charge in [0.2, 0.25) is 0 Å². The van der Waals surface area contributed by atoms with Crippen molar-refractivity contribution in [1.82, 2.24) is 10.2 Å². The summed E-state index contributed by atoms with van der Waals surface area (Å²) in [5.74, 6) is 1.73. The van der Waals surface area contributed by atoms with Gasteiger partial charge in [0.1, 0.15) is 24.9 Å². The zero-order chi connectivity index (χ0) is 26.0. The van der Waals surface area contributed by atoms with Gasteiger partial charge in [0.15, 0.2) is 0 Å². The van der Waals surface area contributed by atoms with Crippen LogP contribution in [0, 0.1) is 0 Å². The standard InChI is InChI=1S/C23H31NO3.C5H11NO.CH2O/c1-24(21-10-11-21)17-20-14-22(26-13-7-12-25-2)16-23(15-20)27-18-19-8-5-3-4-6-9-19;1-5-4-6-2-3-7-5;1-2/h3,5-6,8-9,14-16,21H,4,7,10-13,17-18H2,1-2H3;5-6H,2-4H2,1H3;1H2. The Morgan fingerprint density at radius 2 is 1.89 bits per heavy atom. The first kappa shape index (κ1) is 29.8. The van der Waals surface area contributed by atoms with Crippen molar-refractivity contribution in [2.75, 3.05) is 53.7 Å². The van der Waals surface area contributed by atoms with Gasteiger partial charge in [-0.1, -0.05) is 30.4 Å². The third-order valence-electron chi connectivity index (χ3n) is 5.87. The highest BCUT2D eigenvalue weighted by atomic mass is 16.5. The molecule has 0 aromatic heterocycles. The fourth-order valence-corrected chi connectivity index (χ4v) is 3.80. The third kappa shape index (κ3) is 12.5. The number of allylic oxidation sites excluding steroid dienone is 4. The van der Waals surface area contributed by atoms with Crippen LogP contribution in [0.5, 0.6) is 11.5 Å². The van der Waals surface area contributed by atoms with Crippen molar-refractivity contribution in [3.63, 3.8) is 0 Å². The third-order valence-corrected chi connectivity index (χ3v) is 5.87. The van der Waals surface area contributed by atoms with E-state index >= 15 is 0 Å². The van der Waals surface area contributed by atoms with Crippen LogP contribution in [0.15, 0.2) is 54.2 Å². The summed E-state index contributed by atoms with van der Waals surface area (Å²) in [6.45, 7) is 9.82. The predicted octanol–water partition coefficient (Wildman–Crippen LogP) is 4.33. The molecule has 0 bridgehead atoms. The molecule has 200 valence electrons. The van der Waals surface area contributed by atoms with Crippen molar-refractivity contribution in [3.05, 3.63) is 59.7 Å². The van der Waals surface area contributed by atoms with Gasteiger partial charge in [0, 0.05) is 51.9 Å². The molecule has 4 rings (SSSR count). The molecule has 2 aliphatic carbocycles. The highest BCUT2D eigenvalue weighted by Gasteiger charge is 2.26. The summed E-state index contributed by atoms with van der Waals surface area (Å²) in [5, 5.41) is 3.21. The molecule has 1 atom stereocenters. The molecule has 0 amide bonds. The predicted molar refractivity (Wildman–Crippen MR) is 145 cm³/mol. The monoisotopic (exact) mass is 500 g/mol. The average Bonchev–Trinajstić information content (AvgIpc) is 3.76. The van der Waals surface area contributed by atoms with Crippen LogP contribution in [0.3, 0.4) is 0 Å². The number of morpholine rings is 1. The number of rotatable bonds is 11. The van der Waals surface area contributed by atoms with Crippen LogP contribution in [0.25, 0.3) is 0 Å². The van der Waals surface area contributed by atoms with Crippen molar-refractivity contribution >= 4 is 6.79 Å². The first-order chi connectivity index (χ1) is 17.6. The molecule has 0 spiro atoms. The molecule has 2 fully saturated rings. The summed E-state index contributed by atoms with van der Waals surface area (Å²) < 4.78 is 22.3. The van der Waals surface area contributed by atoms with Gasteiger partial charge in [-0.3, -0.25) is 4.90 Å². The molecular weight excluding hydrogens is 456 g/mol. The van der Waals surface area contributed by atoms with Crippen LogP contribution in [0.4, 0.5) is 0 Å². The molecule has 1 aromatic carbocycles. The molecule has 1 N–H and O–H groups in total. The van der Waals surface area contributed by atoms with Crippen molar-refractivity contribution in [2.24, 2.45) is 0 Å². The van der Waals surface area contributed by atoms with Gasteiger partial charge in [0.05, 0.1) is 19.3 Å². The van der Waals surface area contributed by atoms with E-state index < -0.39 is 0 Å². The van der Waals surface area contributed by atoms with E-state index in [4.69, 9.17) is 23.7 Å². The molecule has 36 heavy (non-hydrogen) atoms. The molecule has 1 heterocycles. The van der Waals surface area contributed by atoms with Crippen LogP contribution >= 0.6 is 0 Å². The first-order valence-electron chi connectivity index (χ1n) is 12.9. The van der Waals surface area contributed by atoms with Crippen molar-refractivity contribution < 1.29 is 23.7 Å². The number of carbonyl (C=O) groups excluding carboxylic acids is 1. The zero-order valence-corrected chi connectivity index (χ0v) is 22.2. The van der Waals surface area contributed by atoms with Gasteiger partial charge in [-0.05, 0) is 56.5 Å². The minimum atomic E-state index is 0.425. The van der Waals surface area contributed by atoms with Crippen LogP contribution < -0.4 is 14.8 Å². The largest absolute Gasteiger partial charge is 0.493 e. The minimum Gasteiger partial charge on any atom is -0.493 e. The van der Waals surface area contributed by atoms with Crippen LogP contribution in [0.2, 0.25) is 0 Å². The van der Waals surface area contributed by atoms with Gasteiger partial charge < -0.3 is 29.1 Å². The summed E-state index contributed by atoms with van der Waals surface area (Å²) in [6, 6.07) is 6.99. The van der Waals surface area contributed by atoms with Crippen molar-refractivity contribution in [2.45, 2.75) is 51.3 Å². The molecule has 1 saturated heterocycles. The van der Waals surface area contributed by atoms with Gasteiger partial charge in [-0.15, -0.1) is 0 Å². The van der Waals surface area contributed by atoms with E-state index in [1.807, 2.05) is 12.9 Å².